The number of carboxylic acid groups (broad SMARTS) is 1. The Hall–Kier alpha value is -1.99. The van der Waals surface area contributed by atoms with Gasteiger partial charge in [-0.3, -0.25) is 4.79 Å². The number of hydrogen-bond donors (Lipinski definition) is 1. The van der Waals surface area contributed by atoms with Crippen LogP contribution in [0.5, 0.6) is 11.5 Å². The van der Waals surface area contributed by atoms with Gasteiger partial charge in [0.05, 0.1) is 17.1 Å². The molecule has 0 aromatic heterocycles. The lowest BCUT2D eigenvalue weighted by atomic mass is 10.1. The second-order valence-electron chi connectivity index (χ2n) is 5.52. The summed E-state index contributed by atoms with van der Waals surface area (Å²) >= 11 is 1.66. The molecule has 2 aromatic rings. The SMILES string of the molecule is O=C(O)Cc1ccc(Oc2ccc(S(=O)(=O)CC3CS3)cc2)cc1. The minimum absolute atomic E-state index is 0.0356. The molecule has 126 valence electrons. The summed E-state index contributed by atoms with van der Waals surface area (Å²) in [7, 11) is -3.24. The van der Waals surface area contributed by atoms with E-state index in [1.165, 1.54) is 0 Å². The number of carbonyl (C=O) groups is 1. The molecule has 1 N–H and O–H groups in total. The molecule has 0 spiro atoms. The van der Waals surface area contributed by atoms with Gasteiger partial charge in [0, 0.05) is 11.0 Å². The third-order valence-electron chi connectivity index (χ3n) is 3.50. The van der Waals surface area contributed by atoms with Crippen molar-refractivity contribution in [2.75, 3.05) is 11.5 Å². The van der Waals surface area contributed by atoms with Gasteiger partial charge in [0.15, 0.2) is 9.84 Å². The van der Waals surface area contributed by atoms with Gasteiger partial charge in [0.2, 0.25) is 0 Å². The first kappa shape index (κ1) is 16.9. The zero-order chi connectivity index (χ0) is 17.2. The molecule has 0 amide bonds. The van der Waals surface area contributed by atoms with Crippen LogP contribution in [-0.4, -0.2) is 36.2 Å². The summed E-state index contributed by atoms with van der Waals surface area (Å²) in [6.45, 7) is 0. The van der Waals surface area contributed by atoms with E-state index in [1.807, 2.05) is 0 Å². The van der Waals surface area contributed by atoms with Gasteiger partial charge in [-0.2, -0.15) is 11.8 Å². The molecule has 7 heteroatoms. The Bertz CT molecular complexity index is 822. The number of benzene rings is 2. The van der Waals surface area contributed by atoms with Gasteiger partial charge < -0.3 is 9.84 Å². The Morgan fingerprint density at radius 1 is 1.08 bits per heavy atom. The highest BCUT2D eigenvalue weighted by molar-refractivity contribution is 8.08. The summed E-state index contributed by atoms with van der Waals surface area (Å²) in [5.41, 5.74) is 0.689. The van der Waals surface area contributed by atoms with Crippen LogP contribution in [0.15, 0.2) is 53.4 Å². The number of ether oxygens (including phenoxy) is 1. The predicted molar refractivity (Wildman–Crippen MR) is 92.6 cm³/mol. The lowest BCUT2D eigenvalue weighted by molar-refractivity contribution is -0.136. The van der Waals surface area contributed by atoms with Crippen LogP contribution in [0.3, 0.4) is 0 Å². The van der Waals surface area contributed by atoms with Crippen molar-refractivity contribution in [2.45, 2.75) is 16.6 Å². The topological polar surface area (TPSA) is 80.7 Å². The highest BCUT2D eigenvalue weighted by atomic mass is 32.2. The maximum Gasteiger partial charge on any atom is 0.307 e. The number of aliphatic carboxylic acids is 1. The van der Waals surface area contributed by atoms with Crippen molar-refractivity contribution in [3.05, 3.63) is 54.1 Å². The van der Waals surface area contributed by atoms with Gasteiger partial charge in [-0.1, -0.05) is 12.1 Å². The zero-order valence-corrected chi connectivity index (χ0v) is 14.3. The molecule has 3 rings (SSSR count). The third-order valence-corrected chi connectivity index (χ3v) is 6.52. The summed E-state index contributed by atoms with van der Waals surface area (Å²) in [4.78, 5) is 11.0. The Kier molecular flexibility index (Phi) is 4.82. The minimum atomic E-state index is -3.24. The highest BCUT2D eigenvalue weighted by Gasteiger charge is 2.29. The van der Waals surface area contributed by atoms with Crippen LogP contribution < -0.4 is 4.74 Å². The zero-order valence-electron chi connectivity index (χ0n) is 12.7. The van der Waals surface area contributed by atoms with E-state index in [0.29, 0.717) is 22.0 Å². The van der Waals surface area contributed by atoms with Crippen LogP contribution in [0.2, 0.25) is 0 Å². The molecule has 5 nitrogen and oxygen atoms in total. The lowest BCUT2D eigenvalue weighted by Crippen LogP contribution is -2.10. The molecule has 1 fully saturated rings. The van der Waals surface area contributed by atoms with Crippen molar-refractivity contribution in [3.63, 3.8) is 0 Å². The Morgan fingerprint density at radius 2 is 1.62 bits per heavy atom. The average molecular weight is 364 g/mol. The third kappa shape index (κ3) is 4.52. The number of sulfone groups is 1. The summed E-state index contributed by atoms with van der Waals surface area (Å²) in [6.07, 6.45) is -0.0356. The smallest absolute Gasteiger partial charge is 0.307 e. The van der Waals surface area contributed by atoms with Crippen LogP contribution in [0.1, 0.15) is 5.56 Å². The van der Waals surface area contributed by atoms with E-state index in [2.05, 4.69) is 0 Å². The van der Waals surface area contributed by atoms with Crippen LogP contribution in [0, 0.1) is 0 Å². The molecule has 1 atom stereocenters. The van der Waals surface area contributed by atoms with Crippen LogP contribution >= 0.6 is 11.8 Å². The molecule has 1 aliphatic rings. The summed E-state index contributed by atoms with van der Waals surface area (Å²) in [5.74, 6) is 1.31. The molecular weight excluding hydrogens is 348 g/mol. The molecule has 1 aliphatic heterocycles. The normalized spacial score (nSPS) is 16.6. The number of carboxylic acids is 1. The fraction of sp³-hybridized carbons (Fsp3) is 0.235. The van der Waals surface area contributed by atoms with E-state index < -0.39 is 15.8 Å². The van der Waals surface area contributed by atoms with E-state index in [-0.39, 0.29) is 17.4 Å². The molecule has 0 radical (unpaired) electrons. The number of rotatable bonds is 7. The average Bonchev–Trinajstić information content (AvgIpc) is 3.33. The molecule has 1 saturated heterocycles. The number of hydrogen-bond acceptors (Lipinski definition) is 5. The fourth-order valence-electron chi connectivity index (χ4n) is 2.21. The van der Waals surface area contributed by atoms with E-state index in [4.69, 9.17) is 9.84 Å². The molecular formula is C17H16O5S2. The quantitative estimate of drug-likeness (QED) is 0.761. The van der Waals surface area contributed by atoms with E-state index in [1.54, 1.807) is 60.3 Å². The second-order valence-corrected chi connectivity index (χ2v) is 8.89. The molecule has 0 saturated carbocycles. The fourth-order valence-corrected chi connectivity index (χ4v) is 4.88. The molecule has 2 aromatic carbocycles. The first-order valence-electron chi connectivity index (χ1n) is 7.35. The van der Waals surface area contributed by atoms with E-state index in [0.717, 1.165) is 5.75 Å². The van der Waals surface area contributed by atoms with E-state index in [9.17, 15) is 13.2 Å². The molecule has 0 aliphatic carbocycles. The standard InChI is InChI=1S/C17H16O5S2/c18-17(19)9-12-1-3-13(4-2-12)22-14-5-7-16(8-6-14)24(20,21)11-15-10-23-15/h1-8,15H,9-11H2,(H,18,19). The van der Waals surface area contributed by atoms with Gasteiger partial charge in [0.1, 0.15) is 11.5 Å². The molecule has 1 unspecified atom stereocenters. The largest absolute Gasteiger partial charge is 0.481 e. The maximum absolute atomic E-state index is 12.2. The summed E-state index contributed by atoms with van der Waals surface area (Å²) in [5, 5.41) is 8.97. The van der Waals surface area contributed by atoms with Gasteiger partial charge in [-0.15, -0.1) is 0 Å². The first-order chi connectivity index (χ1) is 11.4. The molecule has 0 bridgehead atoms. The van der Waals surface area contributed by atoms with E-state index >= 15 is 0 Å². The van der Waals surface area contributed by atoms with Crippen molar-refractivity contribution < 1.29 is 23.1 Å². The molecule has 24 heavy (non-hydrogen) atoms. The number of thioether (sulfide) groups is 1. The minimum Gasteiger partial charge on any atom is -0.481 e. The highest BCUT2D eigenvalue weighted by Crippen LogP contribution is 2.33. The Morgan fingerprint density at radius 3 is 2.12 bits per heavy atom. The van der Waals surface area contributed by atoms with Crippen molar-refractivity contribution >= 4 is 27.6 Å². The van der Waals surface area contributed by atoms with Crippen LogP contribution in [-0.2, 0) is 21.1 Å². The monoisotopic (exact) mass is 364 g/mol. The van der Waals surface area contributed by atoms with Crippen molar-refractivity contribution in [3.8, 4) is 11.5 Å². The molecule has 1 heterocycles. The Labute approximate surface area is 144 Å². The lowest BCUT2D eigenvalue weighted by Gasteiger charge is -2.08. The summed E-state index contributed by atoms with van der Waals surface area (Å²) in [6, 6.07) is 13.1. The van der Waals surface area contributed by atoms with Crippen molar-refractivity contribution in [1.82, 2.24) is 0 Å². The van der Waals surface area contributed by atoms with Gasteiger partial charge in [-0.25, -0.2) is 8.42 Å². The maximum atomic E-state index is 12.2. The van der Waals surface area contributed by atoms with Gasteiger partial charge in [-0.05, 0) is 42.0 Å². The van der Waals surface area contributed by atoms with Crippen molar-refractivity contribution in [2.24, 2.45) is 0 Å². The second kappa shape index (κ2) is 6.86. The van der Waals surface area contributed by atoms with Gasteiger partial charge >= 0.3 is 5.97 Å². The summed E-state index contributed by atoms with van der Waals surface area (Å²) < 4.78 is 30.0. The first-order valence-corrected chi connectivity index (χ1v) is 10.1. The van der Waals surface area contributed by atoms with Crippen LogP contribution in [0.25, 0.3) is 0 Å². The predicted octanol–water partition coefficient (Wildman–Crippen LogP) is 3.00. The Balaban J connectivity index is 1.66. The van der Waals surface area contributed by atoms with Gasteiger partial charge in [0.25, 0.3) is 0 Å². The van der Waals surface area contributed by atoms with Crippen LogP contribution in [0.4, 0.5) is 0 Å². The van der Waals surface area contributed by atoms with Crippen molar-refractivity contribution in [1.29, 1.82) is 0 Å².